The number of ether oxygens (including phenoxy) is 1. The summed E-state index contributed by atoms with van der Waals surface area (Å²) in [5.41, 5.74) is 8.75. The lowest BCUT2D eigenvalue weighted by Crippen LogP contribution is -2.23. The Morgan fingerprint density at radius 2 is 1.78 bits per heavy atom. The topological polar surface area (TPSA) is 79.9 Å². The second-order valence-electron chi connectivity index (χ2n) is 4.82. The number of nitrogens with two attached hydrogens (primary N) is 1. The molecule has 0 atom stereocenters. The number of nitrogens with one attached hydrogen (secondary N) is 1. The fourth-order valence-corrected chi connectivity index (χ4v) is 2.04. The zero-order valence-electron chi connectivity index (χ0n) is 13.0. The maximum absolute atomic E-state index is 9.00. The van der Waals surface area contributed by atoms with E-state index in [0.717, 1.165) is 29.0 Å². The minimum absolute atomic E-state index is 0. The summed E-state index contributed by atoms with van der Waals surface area (Å²) in [6.07, 6.45) is 0.792. The van der Waals surface area contributed by atoms with Crippen LogP contribution in [-0.4, -0.2) is 24.7 Å². The van der Waals surface area contributed by atoms with Crippen LogP contribution in [0.3, 0.4) is 0 Å². The lowest BCUT2D eigenvalue weighted by atomic mass is 10.1. The fraction of sp³-hybridized carbons (Fsp3) is 0.235. The highest BCUT2D eigenvalue weighted by Gasteiger charge is 2.02. The van der Waals surface area contributed by atoms with E-state index in [4.69, 9.17) is 15.6 Å². The Morgan fingerprint density at radius 3 is 2.43 bits per heavy atom. The molecule has 0 aromatic heterocycles. The van der Waals surface area contributed by atoms with Gasteiger partial charge in [0.2, 0.25) is 0 Å². The molecule has 0 aliphatic heterocycles. The molecule has 0 saturated carbocycles. The summed E-state index contributed by atoms with van der Waals surface area (Å²) in [7, 11) is 1.61. The van der Waals surface area contributed by atoms with E-state index in [9.17, 15) is 0 Å². The second-order valence-corrected chi connectivity index (χ2v) is 4.82. The largest absolute Gasteiger partial charge is 0.495 e. The van der Waals surface area contributed by atoms with Gasteiger partial charge < -0.3 is 20.9 Å². The minimum Gasteiger partial charge on any atom is -0.495 e. The number of methoxy groups -OCH3 is 1. The van der Waals surface area contributed by atoms with Crippen molar-refractivity contribution in [3.8, 4) is 5.75 Å². The number of para-hydroxylation sites is 2. The van der Waals surface area contributed by atoms with Gasteiger partial charge in [0.05, 0.1) is 19.4 Å². The molecular weight excluding hydrogens is 405 g/mol. The number of hydrogen-bond acceptors (Lipinski definition) is 3. The van der Waals surface area contributed by atoms with Crippen molar-refractivity contribution in [2.45, 2.75) is 13.0 Å². The predicted octanol–water partition coefficient (Wildman–Crippen LogP) is 2.77. The molecule has 0 unspecified atom stereocenters. The van der Waals surface area contributed by atoms with Crippen molar-refractivity contribution in [3.63, 3.8) is 0 Å². The molecule has 0 bridgehead atoms. The molecule has 0 spiro atoms. The lowest BCUT2D eigenvalue weighted by Gasteiger charge is -2.10. The van der Waals surface area contributed by atoms with E-state index in [2.05, 4.69) is 10.3 Å². The molecule has 2 rings (SSSR count). The van der Waals surface area contributed by atoms with Crippen molar-refractivity contribution < 1.29 is 9.84 Å². The Labute approximate surface area is 153 Å². The molecule has 23 heavy (non-hydrogen) atoms. The number of nitrogens with zero attached hydrogens (tertiary/aromatic N) is 1. The van der Waals surface area contributed by atoms with Gasteiger partial charge in [-0.2, -0.15) is 0 Å². The molecule has 4 N–H and O–H groups in total. The highest BCUT2D eigenvalue weighted by Crippen LogP contribution is 2.22. The Hall–Kier alpha value is -1.80. The van der Waals surface area contributed by atoms with Crippen LogP contribution in [0.1, 0.15) is 11.1 Å². The van der Waals surface area contributed by atoms with Crippen LogP contribution in [0.25, 0.3) is 0 Å². The van der Waals surface area contributed by atoms with Gasteiger partial charge in [0, 0.05) is 6.54 Å². The summed E-state index contributed by atoms with van der Waals surface area (Å²) >= 11 is 0. The lowest BCUT2D eigenvalue weighted by molar-refractivity contribution is 0.282. The highest BCUT2D eigenvalue weighted by atomic mass is 127. The maximum Gasteiger partial charge on any atom is 0.193 e. The summed E-state index contributed by atoms with van der Waals surface area (Å²) in [5.74, 6) is 1.08. The zero-order chi connectivity index (χ0) is 15.8. The first-order valence-electron chi connectivity index (χ1n) is 7.11. The molecule has 124 valence electrons. The van der Waals surface area contributed by atoms with Crippen molar-refractivity contribution in [3.05, 3.63) is 59.7 Å². The molecular formula is C17H22IN3O2. The van der Waals surface area contributed by atoms with Gasteiger partial charge in [-0.3, -0.25) is 4.99 Å². The Balaban J connectivity index is 0.00000264. The van der Waals surface area contributed by atoms with Crippen molar-refractivity contribution in [1.29, 1.82) is 0 Å². The van der Waals surface area contributed by atoms with E-state index in [1.165, 1.54) is 0 Å². The summed E-state index contributed by atoms with van der Waals surface area (Å²) in [5, 5.41) is 12.0. The van der Waals surface area contributed by atoms with Gasteiger partial charge in [0.15, 0.2) is 5.96 Å². The number of aliphatic hydroxyl groups is 1. The quantitative estimate of drug-likeness (QED) is 0.376. The van der Waals surface area contributed by atoms with Gasteiger partial charge in [0.25, 0.3) is 0 Å². The SMILES string of the molecule is COc1ccccc1NC(N)=NCCc1ccc(CO)cc1.I. The van der Waals surface area contributed by atoms with Gasteiger partial charge in [-0.15, -0.1) is 24.0 Å². The van der Waals surface area contributed by atoms with Crippen LogP contribution in [0, 0.1) is 0 Å². The third-order valence-corrected chi connectivity index (χ3v) is 3.26. The molecule has 2 aromatic rings. The molecule has 0 heterocycles. The third kappa shape index (κ3) is 6.07. The van der Waals surface area contributed by atoms with Gasteiger partial charge >= 0.3 is 0 Å². The first kappa shape index (κ1) is 19.2. The summed E-state index contributed by atoms with van der Waals surface area (Å²) < 4.78 is 5.25. The number of aliphatic imine (C=N–C) groups is 1. The molecule has 6 heteroatoms. The second kappa shape index (κ2) is 10.1. The van der Waals surface area contributed by atoms with Crippen LogP contribution < -0.4 is 15.8 Å². The fourth-order valence-electron chi connectivity index (χ4n) is 2.04. The Kier molecular flexibility index (Phi) is 8.42. The van der Waals surface area contributed by atoms with Crippen molar-refractivity contribution in [1.82, 2.24) is 0 Å². The van der Waals surface area contributed by atoms with Gasteiger partial charge in [-0.05, 0) is 29.7 Å². The van der Waals surface area contributed by atoms with Crippen molar-refractivity contribution in [2.75, 3.05) is 19.0 Å². The normalized spacial score (nSPS) is 10.8. The van der Waals surface area contributed by atoms with Crippen LogP contribution in [-0.2, 0) is 13.0 Å². The molecule has 0 saturated heterocycles. The van der Waals surface area contributed by atoms with E-state index in [1.807, 2.05) is 48.5 Å². The number of hydrogen-bond donors (Lipinski definition) is 3. The Morgan fingerprint density at radius 1 is 1.13 bits per heavy atom. The predicted molar refractivity (Wildman–Crippen MR) is 105 cm³/mol. The zero-order valence-corrected chi connectivity index (χ0v) is 15.4. The Bertz CT molecular complexity index is 630. The van der Waals surface area contributed by atoms with Gasteiger partial charge in [-0.1, -0.05) is 36.4 Å². The molecule has 2 aromatic carbocycles. The van der Waals surface area contributed by atoms with Crippen LogP contribution in [0.5, 0.6) is 5.75 Å². The molecule has 0 amide bonds. The summed E-state index contributed by atoms with van der Waals surface area (Å²) in [4.78, 5) is 4.31. The van der Waals surface area contributed by atoms with Crippen LogP contribution in [0.15, 0.2) is 53.5 Å². The third-order valence-electron chi connectivity index (χ3n) is 3.26. The molecule has 0 fully saturated rings. The van der Waals surface area contributed by atoms with Gasteiger partial charge in [0.1, 0.15) is 5.75 Å². The highest BCUT2D eigenvalue weighted by molar-refractivity contribution is 14.0. The molecule has 5 nitrogen and oxygen atoms in total. The summed E-state index contributed by atoms with van der Waals surface area (Å²) in [6.45, 7) is 0.653. The van der Waals surface area contributed by atoms with E-state index >= 15 is 0 Å². The molecule has 0 aliphatic rings. The monoisotopic (exact) mass is 427 g/mol. The number of benzene rings is 2. The standard InChI is InChI=1S/C17H21N3O2.HI/c1-22-16-5-3-2-4-15(16)20-17(18)19-11-10-13-6-8-14(12-21)9-7-13;/h2-9,21H,10-12H2,1H3,(H3,18,19,20);1H. The summed E-state index contributed by atoms with van der Waals surface area (Å²) in [6, 6.07) is 15.3. The van der Waals surface area contributed by atoms with Crippen LogP contribution in [0.2, 0.25) is 0 Å². The van der Waals surface area contributed by atoms with E-state index in [1.54, 1.807) is 7.11 Å². The average molecular weight is 427 g/mol. The van der Waals surface area contributed by atoms with Crippen LogP contribution >= 0.6 is 24.0 Å². The van der Waals surface area contributed by atoms with E-state index in [-0.39, 0.29) is 30.6 Å². The van der Waals surface area contributed by atoms with Crippen LogP contribution in [0.4, 0.5) is 5.69 Å². The number of guanidine groups is 1. The van der Waals surface area contributed by atoms with Crippen molar-refractivity contribution in [2.24, 2.45) is 10.7 Å². The number of aliphatic hydroxyl groups excluding tert-OH is 1. The van der Waals surface area contributed by atoms with Gasteiger partial charge in [-0.25, -0.2) is 0 Å². The van der Waals surface area contributed by atoms with Crippen molar-refractivity contribution >= 4 is 35.6 Å². The number of halogens is 1. The number of anilines is 1. The smallest absolute Gasteiger partial charge is 0.193 e. The average Bonchev–Trinajstić information content (AvgIpc) is 2.56. The first-order valence-corrected chi connectivity index (χ1v) is 7.11. The maximum atomic E-state index is 9.00. The van der Waals surface area contributed by atoms with E-state index in [0.29, 0.717) is 12.5 Å². The minimum atomic E-state index is 0. The first-order chi connectivity index (χ1) is 10.7. The van der Waals surface area contributed by atoms with E-state index < -0.39 is 0 Å². The molecule has 0 radical (unpaired) electrons. The molecule has 0 aliphatic carbocycles. The number of rotatable bonds is 6.